The zero-order valence-electron chi connectivity index (χ0n) is 13.2. The predicted molar refractivity (Wildman–Crippen MR) is 103 cm³/mol. The summed E-state index contributed by atoms with van der Waals surface area (Å²) >= 11 is 0. The van der Waals surface area contributed by atoms with Crippen molar-refractivity contribution in [3.8, 4) is 0 Å². The molecule has 0 radical (unpaired) electrons. The van der Waals surface area contributed by atoms with Gasteiger partial charge in [0, 0.05) is 34.9 Å². The third-order valence-corrected chi connectivity index (χ3v) is 4.13. The molecule has 2 N–H and O–H groups in total. The van der Waals surface area contributed by atoms with E-state index in [2.05, 4.69) is 71.3 Å². The molecule has 0 bridgehead atoms. The Hall–Kier alpha value is -3.26. The van der Waals surface area contributed by atoms with Crippen molar-refractivity contribution in [3.05, 3.63) is 109 Å². The smallest absolute Gasteiger partial charge is 0.0466 e. The standard InChI is InChI=1S/C22H18N2/c1-3-11-20(23-15-7-1)19-14-13-17-9-5-6-10-18(17)22(19)21-12-4-2-8-16-24-21/h1-16,23-24H. The zero-order valence-corrected chi connectivity index (χ0v) is 13.2. The van der Waals surface area contributed by atoms with Gasteiger partial charge in [0.05, 0.1) is 0 Å². The molecule has 0 atom stereocenters. The predicted octanol–water partition coefficient (Wildman–Crippen LogP) is 4.87. The monoisotopic (exact) mass is 310 g/mol. The van der Waals surface area contributed by atoms with Crippen molar-refractivity contribution in [1.82, 2.24) is 10.6 Å². The number of allylic oxidation sites excluding steroid dienone is 8. The molecule has 24 heavy (non-hydrogen) atoms. The molecule has 116 valence electrons. The van der Waals surface area contributed by atoms with Crippen molar-refractivity contribution in [1.29, 1.82) is 0 Å². The first-order valence-electron chi connectivity index (χ1n) is 8.06. The molecule has 0 fully saturated rings. The van der Waals surface area contributed by atoms with Gasteiger partial charge < -0.3 is 10.6 Å². The van der Waals surface area contributed by atoms with Gasteiger partial charge in [-0.2, -0.15) is 0 Å². The lowest BCUT2D eigenvalue weighted by Gasteiger charge is -2.18. The van der Waals surface area contributed by atoms with E-state index in [0.717, 1.165) is 11.4 Å². The average Bonchev–Trinajstić information content (AvgIpc) is 3.06. The molecule has 2 nitrogen and oxygen atoms in total. The van der Waals surface area contributed by atoms with Crippen LogP contribution in [0.5, 0.6) is 0 Å². The Morgan fingerprint density at radius 3 is 2.12 bits per heavy atom. The highest BCUT2D eigenvalue weighted by atomic mass is 14.9. The summed E-state index contributed by atoms with van der Waals surface area (Å²) in [6, 6.07) is 12.9. The lowest BCUT2D eigenvalue weighted by molar-refractivity contribution is 1.19. The van der Waals surface area contributed by atoms with E-state index in [4.69, 9.17) is 0 Å². The lowest BCUT2D eigenvalue weighted by atomic mass is 9.94. The summed E-state index contributed by atoms with van der Waals surface area (Å²) in [6.07, 6.45) is 20.3. The summed E-state index contributed by atoms with van der Waals surface area (Å²) in [5.74, 6) is 0. The number of fused-ring (bicyclic) bond motifs is 1. The van der Waals surface area contributed by atoms with E-state index in [0.29, 0.717) is 0 Å². The largest absolute Gasteiger partial charge is 0.361 e. The Morgan fingerprint density at radius 2 is 1.29 bits per heavy atom. The Kier molecular flexibility index (Phi) is 3.86. The van der Waals surface area contributed by atoms with Gasteiger partial charge >= 0.3 is 0 Å². The van der Waals surface area contributed by atoms with Crippen LogP contribution in [0.3, 0.4) is 0 Å². The number of benzene rings is 2. The molecule has 0 aromatic heterocycles. The van der Waals surface area contributed by atoms with E-state index in [1.165, 1.54) is 21.9 Å². The van der Waals surface area contributed by atoms with Crippen molar-refractivity contribution >= 4 is 22.2 Å². The molecule has 0 saturated carbocycles. The summed E-state index contributed by atoms with van der Waals surface area (Å²) in [5.41, 5.74) is 4.55. The van der Waals surface area contributed by atoms with Crippen LogP contribution >= 0.6 is 0 Å². The van der Waals surface area contributed by atoms with Gasteiger partial charge in [0.25, 0.3) is 0 Å². The van der Waals surface area contributed by atoms with Crippen molar-refractivity contribution in [2.24, 2.45) is 0 Å². The molecule has 2 aliphatic heterocycles. The number of hydrogen-bond donors (Lipinski definition) is 2. The van der Waals surface area contributed by atoms with Crippen molar-refractivity contribution in [2.45, 2.75) is 0 Å². The lowest BCUT2D eigenvalue weighted by Crippen LogP contribution is -2.10. The van der Waals surface area contributed by atoms with Crippen LogP contribution in [-0.2, 0) is 0 Å². The second kappa shape index (κ2) is 6.47. The first-order chi connectivity index (χ1) is 11.9. The van der Waals surface area contributed by atoms with E-state index in [-0.39, 0.29) is 0 Å². The minimum atomic E-state index is 1.08. The quantitative estimate of drug-likeness (QED) is 0.827. The molecule has 0 amide bonds. The molecule has 0 aliphatic carbocycles. The maximum atomic E-state index is 3.41. The van der Waals surface area contributed by atoms with Crippen LogP contribution in [0.15, 0.2) is 97.4 Å². The number of nitrogens with one attached hydrogen (secondary N) is 2. The maximum Gasteiger partial charge on any atom is 0.0466 e. The number of rotatable bonds is 2. The van der Waals surface area contributed by atoms with E-state index in [1.54, 1.807) is 0 Å². The highest BCUT2D eigenvalue weighted by molar-refractivity contribution is 5.99. The maximum absolute atomic E-state index is 3.41. The first-order valence-corrected chi connectivity index (χ1v) is 8.06. The minimum Gasteiger partial charge on any atom is -0.361 e. The van der Waals surface area contributed by atoms with E-state index < -0.39 is 0 Å². The minimum absolute atomic E-state index is 1.08. The average molecular weight is 310 g/mol. The molecular weight excluding hydrogens is 292 g/mol. The Balaban J connectivity index is 1.98. The van der Waals surface area contributed by atoms with E-state index >= 15 is 0 Å². The molecule has 2 aliphatic rings. The summed E-state index contributed by atoms with van der Waals surface area (Å²) in [6.45, 7) is 0. The summed E-state index contributed by atoms with van der Waals surface area (Å²) in [7, 11) is 0. The van der Waals surface area contributed by atoms with Gasteiger partial charge in [0.1, 0.15) is 0 Å². The molecule has 2 aromatic rings. The van der Waals surface area contributed by atoms with Crippen LogP contribution in [0.1, 0.15) is 11.1 Å². The third kappa shape index (κ3) is 2.70. The van der Waals surface area contributed by atoms with E-state index in [9.17, 15) is 0 Å². The molecular formula is C22H18N2. The van der Waals surface area contributed by atoms with Crippen LogP contribution in [-0.4, -0.2) is 0 Å². The van der Waals surface area contributed by atoms with Gasteiger partial charge in [-0.1, -0.05) is 60.7 Å². The second-order valence-corrected chi connectivity index (χ2v) is 5.65. The molecule has 0 unspecified atom stereocenters. The summed E-state index contributed by atoms with van der Waals surface area (Å²) < 4.78 is 0. The fourth-order valence-corrected chi connectivity index (χ4v) is 3.02. The SMILES string of the molecule is C1=CC=C(c2ccc3ccccc3c2C2=CC=CC=CN2)NC=C1. The summed E-state index contributed by atoms with van der Waals surface area (Å²) in [4.78, 5) is 0. The fraction of sp³-hybridized carbons (Fsp3) is 0. The van der Waals surface area contributed by atoms with Crippen LogP contribution in [0.2, 0.25) is 0 Å². The Bertz CT molecular complexity index is 953. The molecule has 0 spiro atoms. The van der Waals surface area contributed by atoms with Gasteiger partial charge in [-0.3, -0.25) is 0 Å². The summed E-state index contributed by atoms with van der Waals surface area (Å²) in [5, 5.41) is 9.26. The Labute approximate surface area is 141 Å². The van der Waals surface area contributed by atoms with Crippen molar-refractivity contribution < 1.29 is 0 Å². The second-order valence-electron chi connectivity index (χ2n) is 5.65. The normalized spacial score (nSPS) is 16.0. The van der Waals surface area contributed by atoms with Gasteiger partial charge in [-0.25, -0.2) is 0 Å². The number of hydrogen-bond acceptors (Lipinski definition) is 2. The molecule has 2 aromatic carbocycles. The van der Waals surface area contributed by atoms with Gasteiger partial charge in [0.15, 0.2) is 0 Å². The van der Waals surface area contributed by atoms with Crippen LogP contribution in [0, 0.1) is 0 Å². The molecule has 2 heterocycles. The van der Waals surface area contributed by atoms with Crippen LogP contribution < -0.4 is 10.6 Å². The van der Waals surface area contributed by atoms with Gasteiger partial charge in [-0.15, -0.1) is 0 Å². The topological polar surface area (TPSA) is 24.1 Å². The highest BCUT2D eigenvalue weighted by Crippen LogP contribution is 2.32. The molecule has 4 rings (SSSR count). The van der Waals surface area contributed by atoms with Gasteiger partial charge in [0.2, 0.25) is 0 Å². The van der Waals surface area contributed by atoms with Gasteiger partial charge in [-0.05, 0) is 35.1 Å². The molecule has 0 saturated heterocycles. The van der Waals surface area contributed by atoms with E-state index in [1.807, 2.05) is 36.7 Å². The zero-order chi connectivity index (χ0) is 16.2. The third-order valence-electron chi connectivity index (χ3n) is 4.13. The van der Waals surface area contributed by atoms with Crippen LogP contribution in [0.25, 0.3) is 22.2 Å². The van der Waals surface area contributed by atoms with Crippen LogP contribution in [0.4, 0.5) is 0 Å². The Morgan fingerprint density at radius 1 is 0.583 bits per heavy atom. The fourth-order valence-electron chi connectivity index (χ4n) is 3.02. The van der Waals surface area contributed by atoms with Crippen molar-refractivity contribution in [2.75, 3.05) is 0 Å². The first kappa shape index (κ1) is 14.3. The van der Waals surface area contributed by atoms with Crippen molar-refractivity contribution in [3.63, 3.8) is 0 Å². The highest BCUT2D eigenvalue weighted by Gasteiger charge is 2.14. The molecule has 2 heteroatoms.